The smallest absolute Gasteiger partial charge is 0.389 e. The predicted molar refractivity (Wildman–Crippen MR) is 47.3 cm³/mol. The number of nitrogens with two attached hydrogens (primary N) is 1. The molecule has 0 spiro atoms. The Bertz CT molecular complexity index is 372. The van der Waals surface area contributed by atoms with E-state index < -0.39 is 28.1 Å². The van der Waals surface area contributed by atoms with Crippen molar-refractivity contribution in [3.63, 3.8) is 0 Å². The summed E-state index contributed by atoms with van der Waals surface area (Å²) in [6.45, 7) is 0. The molecule has 0 heterocycles. The molecular weight excluding hydrogens is 218 g/mol. The first-order valence-electron chi connectivity index (χ1n) is 3.49. The molecule has 0 atom stereocenters. The molecule has 2 N–H and O–H groups in total. The van der Waals surface area contributed by atoms with Crippen LogP contribution in [0.25, 0.3) is 0 Å². The summed E-state index contributed by atoms with van der Waals surface area (Å²) in [7, 11) is 0. The highest BCUT2D eigenvalue weighted by atomic mass is 32.1. The van der Waals surface area contributed by atoms with Crippen molar-refractivity contribution >= 4 is 17.2 Å². The van der Waals surface area contributed by atoms with E-state index in [1.165, 1.54) is 0 Å². The van der Waals surface area contributed by atoms with Crippen molar-refractivity contribution in [3.05, 3.63) is 35.1 Å². The molecule has 1 rings (SSSR count). The Labute approximate surface area is 82.5 Å². The molecule has 0 bridgehead atoms. The van der Waals surface area contributed by atoms with Crippen molar-refractivity contribution in [2.45, 2.75) is 6.18 Å². The zero-order chi connectivity index (χ0) is 10.9. The second-order valence-corrected chi connectivity index (χ2v) is 3.00. The van der Waals surface area contributed by atoms with Crippen LogP contribution in [0.5, 0.6) is 0 Å². The molecule has 1 nitrogen and oxygen atoms in total. The summed E-state index contributed by atoms with van der Waals surface area (Å²) in [5.74, 6) is -0.856. The maximum absolute atomic E-state index is 12.9. The van der Waals surface area contributed by atoms with Crippen LogP contribution in [0.4, 0.5) is 17.6 Å². The fourth-order valence-corrected chi connectivity index (χ4v) is 1.05. The van der Waals surface area contributed by atoms with E-state index in [1.807, 2.05) is 0 Å². The maximum Gasteiger partial charge on any atom is 0.416 e. The van der Waals surface area contributed by atoms with E-state index in [9.17, 15) is 17.6 Å². The van der Waals surface area contributed by atoms with Crippen LogP contribution in [0, 0.1) is 5.82 Å². The Morgan fingerprint density at radius 1 is 1.29 bits per heavy atom. The quantitative estimate of drug-likeness (QED) is 0.584. The third kappa shape index (κ3) is 2.20. The molecule has 14 heavy (non-hydrogen) atoms. The van der Waals surface area contributed by atoms with Crippen LogP contribution in [-0.2, 0) is 6.18 Å². The van der Waals surface area contributed by atoms with E-state index in [0.29, 0.717) is 18.2 Å². The first-order valence-corrected chi connectivity index (χ1v) is 3.90. The minimum absolute atomic E-state index is 0.394. The number of thiocarbonyl (C=S) groups is 1. The van der Waals surface area contributed by atoms with Crippen molar-refractivity contribution in [1.82, 2.24) is 0 Å². The van der Waals surface area contributed by atoms with Crippen LogP contribution in [-0.4, -0.2) is 4.99 Å². The van der Waals surface area contributed by atoms with E-state index >= 15 is 0 Å². The summed E-state index contributed by atoms with van der Waals surface area (Å²) < 4.78 is 49.3. The fraction of sp³-hybridized carbons (Fsp3) is 0.125. The van der Waals surface area contributed by atoms with E-state index in [4.69, 9.17) is 5.73 Å². The van der Waals surface area contributed by atoms with Crippen molar-refractivity contribution in [2.24, 2.45) is 5.73 Å². The molecule has 0 radical (unpaired) electrons. The van der Waals surface area contributed by atoms with Crippen LogP contribution in [0.2, 0.25) is 0 Å². The van der Waals surface area contributed by atoms with E-state index in [0.717, 1.165) is 0 Å². The number of halogens is 4. The summed E-state index contributed by atoms with van der Waals surface area (Å²) in [5.41, 5.74) is 3.69. The third-order valence-electron chi connectivity index (χ3n) is 1.56. The number of hydrogen-bond acceptors (Lipinski definition) is 1. The maximum atomic E-state index is 12.9. The van der Waals surface area contributed by atoms with E-state index in [1.54, 1.807) is 0 Å². The molecule has 1 aromatic carbocycles. The lowest BCUT2D eigenvalue weighted by Crippen LogP contribution is -2.14. The second kappa shape index (κ2) is 3.53. The van der Waals surface area contributed by atoms with Crippen molar-refractivity contribution in [1.29, 1.82) is 0 Å². The van der Waals surface area contributed by atoms with Crippen molar-refractivity contribution in [3.8, 4) is 0 Å². The summed E-state index contributed by atoms with van der Waals surface area (Å²) in [6, 6.07) is 1.92. The SMILES string of the molecule is NC(=S)c1cc(C(F)(F)F)ccc1F. The van der Waals surface area contributed by atoms with Gasteiger partial charge < -0.3 is 5.73 Å². The molecule has 0 saturated heterocycles. The Morgan fingerprint density at radius 2 is 1.86 bits per heavy atom. The average molecular weight is 223 g/mol. The average Bonchev–Trinajstić information content (AvgIpc) is 2.02. The summed E-state index contributed by atoms with van der Waals surface area (Å²) in [6.07, 6.45) is -4.52. The van der Waals surface area contributed by atoms with Gasteiger partial charge in [-0.05, 0) is 18.2 Å². The van der Waals surface area contributed by atoms with Gasteiger partial charge in [0.25, 0.3) is 0 Å². The van der Waals surface area contributed by atoms with Gasteiger partial charge in [-0.1, -0.05) is 12.2 Å². The lowest BCUT2D eigenvalue weighted by atomic mass is 10.1. The van der Waals surface area contributed by atoms with Crippen LogP contribution < -0.4 is 5.73 Å². The van der Waals surface area contributed by atoms with Crippen molar-refractivity contribution < 1.29 is 17.6 Å². The van der Waals surface area contributed by atoms with Gasteiger partial charge >= 0.3 is 6.18 Å². The molecule has 1 aromatic rings. The Kier molecular flexibility index (Phi) is 2.75. The van der Waals surface area contributed by atoms with Gasteiger partial charge in [0.1, 0.15) is 10.8 Å². The zero-order valence-electron chi connectivity index (χ0n) is 6.73. The second-order valence-electron chi connectivity index (χ2n) is 2.56. The topological polar surface area (TPSA) is 26.0 Å². The van der Waals surface area contributed by atoms with E-state index in [-0.39, 0.29) is 0 Å². The Balaban J connectivity index is 3.27. The molecule has 0 unspecified atom stereocenters. The minimum atomic E-state index is -4.52. The van der Waals surface area contributed by atoms with Gasteiger partial charge in [0.15, 0.2) is 0 Å². The highest BCUT2D eigenvalue weighted by Crippen LogP contribution is 2.30. The highest BCUT2D eigenvalue weighted by molar-refractivity contribution is 7.80. The van der Waals surface area contributed by atoms with Gasteiger partial charge in [-0.25, -0.2) is 4.39 Å². The molecule has 0 aromatic heterocycles. The molecule has 0 amide bonds. The van der Waals surface area contributed by atoms with Gasteiger partial charge in [0.05, 0.1) is 5.56 Å². The number of alkyl halides is 3. The Morgan fingerprint density at radius 3 is 2.29 bits per heavy atom. The van der Waals surface area contributed by atoms with Gasteiger partial charge in [0.2, 0.25) is 0 Å². The largest absolute Gasteiger partial charge is 0.416 e. The number of rotatable bonds is 1. The molecule has 76 valence electrons. The van der Waals surface area contributed by atoms with Crippen LogP contribution in [0.1, 0.15) is 11.1 Å². The lowest BCUT2D eigenvalue weighted by Gasteiger charge is -2.08. The summed E-state index contributed by atoms with van der Waals surface area (Å²) in [4.78, 5) is -0.395. The van der Waals surface area contributed by atoms with Gasteiger partial charge in [0, 0.05) is 5.56 Å². The monoisotopic (exact) mass is 223 g/mol. The summed E-state index contributed by atoms with van der Waals surface area (Å²) in [5, 5.41) is 0. The highest BCUT2D eigenvalue weighted by Gasteiger charge is 2.31. The van der Waals surface area contributed by atoms with E-state index in [2.05, 4.69) is 12.2 Å². The lowest BCUT2D eigenvalue weighted by molar-refractivity contribution is -0.137. The third-order valence-corrected chi connectivity index (χ3v) is 1.78. The predicted octanol–water partition coefficient (Wildman–Crippen LogP) is 2.48. The molecule has 0 aliphatic carbocycles. The first-order chi connectivity index (χ1) is 6.32. The van der Waals surface area contributed by atoms with Gasteiger partial charge in [-0.15, -0.1) is 0 Å². The van der Waals surface area contributed by atoms with Crippen LogP contribution in [0.15, 0.2) is 18.2 Å². The molecule has 6 heteroatoms. The molecule has 0 fully saturated rings. The number of benzene rings is 1. The van der Waals surface area contributed by atoms with Gasteiger partial charge in [-0.3, -0.25) is 0 Å². The molecule has 0 saturated carbocycles. The molecule has 0 aliphatic heterocycles. The number of hydrogen-bond donors (Lipinski definition) is 1. The molecule has 0 aliphatic rings. The Hall–Kier alpha value is -1.17. The minimum Gasteiger partial charge on any atom is -0.389 e. The van der Waals surface area contributed by atoms with Crippen molar-refractivity contribution in [2.75, 3.05) is 0 Å². The zero-order valence-corrected chi connectivity index (χ0v) is 7.55. The fourth-order valence-electron chi connectivity index (χ4n) is 0.890. The summed E-state index contributed by atoms with van der Waals surface area (Å²) >= 11 is 4.40. The normalized spacial score (nSPS) is 11.4. The first kappa shape index (κ1) is 10.9. The standard InChI is InChI=1S/C8H5F4NS/c9-6-2-1-4(8(10,11)12)3-5(6)7(13)14/h1-3H,(H2,13,14). The molecular formula is C8H5F4NS. The van der Waals surface area contributed by atoms with Crippen LogP contribution in [0.3, 0.4) is 0 Å². The van der Waals surface area contributed by atoms with Gasteiger partial charge in [-0.2, -0.15) is 13.2 Å². The van der Waals surface area contributed by atoms with Crippen LogP contribution >= 0.6 is 12.2 Å².